The molecule has 1 aromatic carbocycles. The van der Waals surface area contributed by atoms with Gasteiger partial charge in [-0.2, -0.15) is 5.10 Å². The van der Waals surface area contributed by atoms with Gasteiger partial charge in [-0.05, 0) is 44.1 Å². The Balaban J connectivity index is 1.61. The van der Waals surface area contributed by atoms with Crippen LogP contribution in [-0.2, 0) is 10.2 Å². The lowest BCUT2D eigenvalue weighted by Gasteiger charge is -2.49. The Hall–Kier alpha value is -2.51. The minimum absolute atomic E-state index is 0.00296. The summed E-state index contributed by atoms with van der Waals surface area (Å²) in [7, 11) is 1.66. The van der Waals surface area contributed by atoms with Gasteiger partial charge in [0.25, 0.3) is 0 Å². The molecule has 7 heteroatoms. The first-order valence-corrected chi connectivity index (χ1v) is 10.7. The summed E-state index contributed by atoms with van der Waals surface area (Å²) in [5.41, 5.74) is 1.48. The molecule has 2 aliphatic rings. The van der Waals surface area contributed by atoms with Crippen molar-refractivity contribution in [1.82, 2.24) is 19.7 Å². The molecule has 3 atom stereocenters. The maximum Gasteiger partial charge on any atom is 0.157 e. The van der Waals surface area contributed by atoms with Gasteiger partial charge in [0.1, 0.15) is 12.1 Å². The number of fused-ring (bicyclic) bond motifs is 4. The molecule has 0 spiro atoms. The molecule has 0 radical (unpaired) electrons. The van der Waals surface area contributed by atoms with E-state index in [1.54, 1.807) is 13.3 Å². The van der Waals surface area contributed by atoms with Crippen molar-refractivity contribution in [3.63, 3.8) is 0 Å². The lowest BCUT2D eigenvalue weighted by atomic mass is 9.57. The summed E-state index contributed by atoms with van der Waals surface area (Å²) in [4.78, 5) is 8.34. The molecule has 0 unspecified atom stereocenters. The molecule has 0 amide bonds. The van der Waals surface area contributed by atoms with Crippen LogP contribution in [0.25, 0.3) is 16.7 Å². The molecule has 30 heavy (non-hydrogen) atoms. The Morgan fingerprint density at radius 2 is 2.23 bits per heavy atom. The summed E-state index contributed by atoms with van der Waals surface area (Å²) in [6.45, 7) is 3.30. The van der Waals surface area contributed by atoms with Crippen LogP contribution in [0.15, 0.2) is 36.9 Å². The average molecular weight is 409 g/mol. The average Bonchev–Trinajstić information content (AvgIpc) is 3.10. The van der Waals surface area contributed by atoms with Gasteiger partial charge in [0.05, 0.1) is 30.5 Å². The maximum atomic E-state index is 11.1. The van der Waals surface area contributed by atoms with Crippen LogP contribution in [0, 0.1) is 5.92 Å². The van der Waals surface area contributed by atoms with E-state index in [9.17, 15) is 5.11 Å². The molecule has 0 saturated heterocycles. The third-order valence-electron chi connectivity index (χ3n) is 7.20. The second-order valence-corrected chi connectivity index (χ2v) is 8.74. The second kappa shape index (κ2) is 7.32. The van der Waals surface area contributed by atoms with Crippen LogP contribution in [-0.4, -0.2) is 50.8 Å². The fourth-order valence-electron chi connectivity index (χ4n) is 5.67. The minimum atomic E-state index is -0.745. The molecule has 7 nitrogen and oxygen atoms in total. The molecule has 1 saturated carbocycles. The van der Waals surface area contributed by atoms with Gasteiger partial charge in [-0.3, -0.25) is 0 Å². The molecule has 1 aliphatic carbocycles. The standard InChI is InChI=1S/C23H28N4O3/c1-3-23-7-6-22(28,14-29-2)12-17(23)5-9-30-20-11-19-16(10-18(20)23)13-26-27(19)21-4-8-24-15-25-21/h4,8,10-11,13,15,17,28H,3,5-7,9,12,14H2,1-2H3/t17-,22+,23+/m0/s1. The van der Waals surface area contributed by atoms with Crippen LogP contribution < -0.4 is 4.74 Å². The summed E-state index contributed by atoms with van der Waals surface area (Å²) in [5.74, 6) is 2.02. The molecule has 1 aliphatic heterocycles. The second-order valence-electron chi connectivity index (χ2n) is 8.74. The smallest absolute Gasteiger partial charge is 0.157 e. The van der Waals surface area contributed by atoms with Crippen molar-refractivity contribution in [3.05, 3.63) is 42.5 Å². The van der Waals surface area contributed by atoms with E-state index in [0.717, 1.165) is 54.6 Å². The number of benzene rings is 1. The fraction of sp³-hybridized carbons (Fsp3) is 0.522. The van der Waals surface area contributed by atoms with E-state index in [1.807, 2.05) is 16.9 Å². The van der Waals surface area contributed by atoms with Crippen molar-refractivity contribution in [2.24, 2.45) is 5.92 Å². The van der Waals surface area contributed by atoms with Gasteiger partial charge in [-0.1, -0.05) is 6.92 Å². The van der Waals surface area contributed by atoms with Crippen LogP contribution in [0.1, 0.15) is 44.6 Å². The summed E-state index contributed by atoms with van der Waals surface area (Å²) >= 11 is 0. The largest absolute Gasteiger partial charge is 0.493 e. The van der Waals surface area contributed by atoms with E-state index in [4.69, 9.17) is 9.47 Å². The summed E-state index contributed by atoms with van der Waals surface area (Å²) in [6.07, 6.45) is 9.50. The van der Waals surface area contributed by atoms with E-state index in [0.29, 0.717) is 19.1 Å². The van der Waals surface area contributed by atoms with Crippen LogP contribution in [0.3, 0.4) is 0 Å². The first-order chi connectivity index (χ1) is 14.6. The highest BCUT2D eigenvalue weighted by Gasteiger charge is 2.50. The van der Waals surface area contributed by atoms with Gasteiger partial charge in [-0.25, -0.2) is 14.6 Å². The number of ether oxygens (including phenoxy) is 2. The van der Waals surface area contributed by atoms with Gasteiger partial charge in [-0.15, -0.1) is 0 Å². The molecule has 5 rings (SSSR count). The van der Waals surface area contributed by atoms with Crippen LogP contribution in [0.5, 0.6) is 5.75 Å². The number of rotatable bonds is 4. The van der Waals surface area contributed by atoms with E-state index < -0.39 is 5.60 Å². The molecule has 158 valence electrons. The maximum absolute atomic E-state index is 11.1. The number of hydrogen-bond acceptors (Lipinski definition) is 6. The highest BCUT2D eigenvalue weighted by molar-refractivity contribution is 5.83. The van der Waals surface area contributed by atoms with Crippen LogP contribution in [0.4, 0.5) is 0 Å². The van der Waals surface area contributed by atoms with Gasteiger partial charge in [0.2, 0.25) is 0 Å². The number of nitrogens with zero attached hydrogens (tertiary/aromatic N) is 4. The zero-order valence-electron chi connectivity index (χ0n) is 17.5. The number of aliphatic hydroxyl groups is 1. The van der Waals surface area contributed by atoms with Crippen molar-refractivity contribution in [1.29, 1.82) is 0 Å². The third-order valence-corrected chi connectivity index (χ3v) is 7.20. The first-order valence-electron chi connectivity index (χ1n) is 10.7. The summed E-state index contributed by atoms with van der Waals surface area (Å²) in [5, 5.41) is 16.7. The Morgan fingerprint density at radius 1 is 1.33 bits per heavy atom. The predicted octanol–water partition coefficient (Wildman–Crippen LogP) is 3.42. The number of hydrogen-bond donors (Lipinski definition) is 1. The molecule has 0 bridgehead atoms. The Bertz CT molecular complexity index is 1050. The van der Waals surface area contributed by atoms with Crippen LogP contribution >= 0.6 is 0 Å². The zero-order valence-corrected chi connectivity index (χ0v) is 17.5. The van der Waals surface area contributed by atoms with Gasteiger partial charge in [0.15, 0.2) is 5.82 Å². The fourth-order valence-corrected chi connectivity index (χ4v) is 5.67. The highest BCUT2D eigenvalue weighted by atomic mass is 16.5. The molecule has 3 heterocycles. The Morgan fingerprint density at radius 3 is 3.00 bits per heavy atom. The molecule has 1 fully saturated rings. The molecule has 3 aromatic rings. The SMILES string of the molecule is CC[C@@]12CC[C@](O)(COC)C[C@@H]1CCOc1cc3c(cnn3-c3ccncn3)cc12. The lowest BCUT2D eigenvalue weighted by Crippen LogP contribution is -2.49. The van der Waals surface area contributed by atoms with Crippen molar-refractivity contribution in [2.45, 2.75) is 50.0 Å². The monoisotopic (exact) mass is 408 g/mol. The first kappa shape index (κ1) is 19.5. The van der Waals surface area contributed by atoms with Gasteiger partial charge in [0, 0.05) is 41.8 Å². The molecule has 1 N–H and O–H groups in total. The lowest BCUT2D eigenvalue weighted by molar-refractivity contribution is -0.0903. The summed E-state index contributed by atoms with van der Waals surface area (Å²) < 4.78 is 13.4. The molecular formula is C23H28N4O3. The topological polar surface area (TPSA) is 82.3 Å². The highest BCUT2D eigenvalue weighted by Crippen LogP contribution is 2.54. The summed E-state index contributed by atoms with van der Waals surface area (Å²) in [6, 6.07) is 6.20. The van der Waals surface area contributed by atoms with E-state index in [-0.39, 0.29) is 5.41 Å². The normalized spacial score (nSPS) is 28.4. The van der Waals surface area contributed by atoms with Crippen molar-refractivity contribution in [2.75, 3.05) is 20.3 Å². The molecule has 2 aromatic heterocycles. The predicted molar refractivity (Wildman–Crippen MR) is 113 cm³/mol. The van der Waals surface area contributed by atoms with Gasteiger partial charge >= 0.3 is 0 Å². The quantitative estimate of drug-likeness (QED) is 0.712. The van der Waals surface area contributed by atoms with E-state index in [2.05, 4.69) is 34.1 Å². The minimum Gasteiger partial charge on any atom is -0.493 e. The molecular weight excluding hydrogens is 380 g/mol. The van der Waals surface area contributed by atoms with E-state index >= 15 is 0 Å². The van der Waals surface area contributed by atoms with Crippen molar-refractivity contribution in [3.8, 4) is 11.6 Å². The van der Waals surface area contributed by atoms with Gasteiger partial charge < -0.3 is 14.6 Å². The van der Waals surface area contributed by atoms with E-state index in [1.165, 1.54) is 11.9 Å². The number of aromatic nitrogens is 4. The Kier molecular flexibility index (Phi) is 4.75. The van der Waals surface area contributed by atoms with Crippen LogP contribution in [0.2, 0.25) is 0 Å². The third kappa shape index (κ3) is 2.99. The zero-order chi connectivity index (χ0) is 20.8. The number of methoxy groups -OCH3 is 1. The Labute approximate surface area is 176 Å². The van der Waals surface area contributed by atoms with Crippen molar-refractivity contribution < 1.29 is 14.6 Å². The van der Waals surface area contributed by atoms with Crippen molar-refractivity contribution >= 4 is 10.9 Å².